The molecule has 0 radical (unpaired) electrons. The molecule has 3 rings (SSSR count). The van der Waals surface area contributed by atoms with Crippen LogP contribution in [0.3, 0.4) is 0 Å². The third kappa shape index (κ3) is 3.90. The number of piperazine rings is 1. The zero-order valence-electron chi connectivity index (χ0n) is 14.7. The van der Waals surface area contributed by atoms with Gasteiger partial charge in [0, 0.05) is 37.9 Å². The lowest BCUT2D eigenvalue weighted by Crippen LogP contribution is -2.49. The minimum atomic E-state index is -0.373. The van der Waals surface area contributed by atoms with Crippen LogP contribution < -0.4 is 4.90 Å². The maximum Gasteiger partial charge on any atom is 0.339 e. The summed E-state index contributed by atoms with van der Waals surface area (Å²) in [6.07, 6.45) is 1.52. The molecule has 0 atom stereocenters. The predicted molar refractivity (Wildman–Crippen MR) is 99.5 cm³/mol. The monoisotopic (exact) mass is 421 g/mol. The summed E-state index contributed by atoms with van der Waals surface area (Å²) < 4.78 is 11.0. The Morgan fingerprint density at radius 1 is 1.27 bits per heavy atom. The lowest BCUT2D eigenvalue weighted by Gasteiger charge is -2.35. The van der Waals surface area contributed by atoms with E-state index in [9.17, 15) is 9.59 Å². The number of nitrogens with zero attached hydrogens (tertiary/aromatic N) is 3. The number of aryl methyl sites for hydroxylation is 1. The van der Waals surface area contributed by atoms with Crippen LogP contribution in [0.25, 0.3) is 0 Å². The molecule has 1 aliphatic rings. The van der Waals surface area contributed by atoms with Crippen LogP contribution in [-0.4, -0.2) is 54.5 Å². The molecule has 0 aliphatic carbocycles. The quantitative estimate of drug-likeness (QED) is 0.706. The molecule has 2 aromatic heterocycles. The number of carbonyl (C=O) groups is 2. The van der Waals surface area contributed by atoms with E-state index in [2.05, 4.69) is 25.8 Å². The Labute approximate surface area is 160 Å². The first-order valence-electron chi connectivity index (χ1n) is 8.43. The van der Waals surface area contributed by atoms with Crippen molar-refractivity contribution in [3.05, 3.63) is 46.0 Å². The highest BCUT2D eigenvalue weighted by molar-refractivity contribution is 9.10. The second-order valence-corrected chi connectivity index (χ2v) is 6.75. The molecule has 8 heteroatoms. The fourth-order valence-electron chi connectivity index (χ4n) is 2.85. The average molecular weight is 422 g/mol. The van der Waals surface area contributed by atoms with Crippen LogP contribution in [0.5, 0.6) is 0 Å². The van der Waals surface area contributed by atoms with Gasteiger partial charge in [0.2, 0.25) is 0 Å². The number of anilines is 1. The molecule has 0 bridgehead atoms. The highest BCUT2D eigenvalue weighted by Crippen LogP contribution is 2.22. The number of ether oxygens (including phenoxy) is 1. The Bertz CT molecular complexity index is 795. The van der Waals surface area contributed by atoms with Crippen LogP contribution in [-0.2, 0) is 4.74 Å². The van der Waals surface area contributed by atoms with Crippen molar-refractivity contribution >= 4 is 33.6 Å². The predicted octanol–water partition coefficient (Wildman–Crippen LogP) is 2.88. The van der Waals surface area contributed by atoms with E-state index < -0.39 is 0 Å². The van der Waals surface area contributed by atoms with E-state index in [1.165, 1.54) is 6.20 Å². The average Bonchev–Trinajstić information content (AvgIpc) is 3.00. The van der Waals surface area contributed by atoms with Gasteiger partial charge in [-0.15, -0.1) is 0 Å². The number of pyridine rings is 1. The van der Waals surface area contributed by atoms with Crippen LogP contribution >= 0.6 is 15.9 Å². The molecule has 0 N–H and O–H groups in total. The number of rotatable bonds is 4. The van der Waals surface area contributed by atoms with Crippen molar-refractivity contribution < 1.29 is 18.7 Å². The Morgan fingerprint density at radius 2 is 2.00 bits per heavy atom. The van der Waals surface area contributed by atoms with Crippen molar-refractivity contribution in [2.75, 3.05) is 37.7 Å². The number of hydrogen-bond donors (Lipinski definition) is 0. The van der Waals surface area contributed by atoms with Crippen LogP contribution in [0.15, 0.2) is 33.5 Å². The van der Waals surface area contributed by atoms with Crippen LogP contribution in [0.4, 0.5) is 5.82 Å². The van der Waals surface area contributed by atoms with E-state index in [4.69, 9.17) is 9.15 Å². The highest BCUT2D eigenvalue weighted by Gasteiger charge is 2.26. The topological polar surface area (TPSA) is 75.9 Å². The Morgan fingerprint density at radius 3 is 2.54 bits per heavy atom. The normalized spacial score (nSPS) is 14.4. The van der Waals surface area contributed by atoms with E-state index >= 15 is 0 Å². The van der Waals surface area contributed by atoms with Gasteiger partial charge in [0.1, 0.15) is 5.82 Å². The summed E-state index contributed by atoms with van der Waals surface area (Å²) in [7, 11) is 0. The van der Waals surface area contributed by atoms with Crippen LogP contribution in [0.1, 0.15) is 33.4 Å². The molecular formula is C18H20BrN3O4. The molecule has 7 nitrogen and oxygen atoms in total. The second-order valence-electron chi connectivity index (χ2n) is 5.97. The van der Waals surface area contributed by atoms with Crippen molar-refractivity contribution in [3.8, 4) is 0 Å². The molecule has 1 amide bonds. The summed E-state index contributed by atoms with van der Waals surface area (Å²) in [4.78, 5) is 32.5. The van der Waals surface area contributed by atoms with Gasteiger partial charge in [0.05, 0.1) is 12.2 Å². The van der Waals surface area contributed by atoms with Gasteiger partial charge in [0.25, 0.3) is 5.91 Å². The van der Waals surface area contributed by atoms with Crippen LogP contribution in [0.2, 0.25) is 0 Å². The van der Waals surface area contributed by atoms with Gasteiger partial charge in [-0.25, -0.2) is 9.78 Å². The SMILES string of the molecule is CCOC(=O)c1ccc(N2CCN(C(=O)c3oc(Br)cc3C)CC2)nc1. The lowest BCUT2D eigenvalue weighted by molar-refractivity contribution is 0.0525. The van der Waals surface area contributed by atoms with Gasteiger partial charge in [-0.05, 0) is 48.0 Å². The van der Waals surface area contributed by atoms with Crippen LogP contribution in [0, 0.1) is 6.92 Å². The molecule has 26 heavy (non-hydrogen) atoms. The molecule has 3 heterocycles. The maximum atomic E-state index is 12.6. The molecule has 0 aromatic carbocycles. The molecule has 2 aromatic rings. The molecule has 1 fully saturated rings. The van der Waals surface area contributed by atoms with Crippen molar-refractivity contribution in [1.29, 1.82) is 0 Å². The smallest absolute Gasteiger partial charge is 0.339 e. The molecule has 0 spiro atoms. The summed E-state index contributed by atoms with van der Waals surface area (Å²) in [5.74, 6) is 0.685. The zero-order chi connectivity index (χ0) is 18.7. The fraction of sp³-hybridized carbons (Fsp3) is 0.389. The Balaban J connectivity index is 1.60. The van der Waals surface area contributed by atoms with Gasteiger partial charge < -0.3 is 19.0 Å². The largest absolute Gasteiger partial charge is 0.462 e. The highest BCUT2D eigenvalue weighted by atomic mass is 79.9. The van der Waals surface area contributed by atoms with E-state index in [0.29, 0.717) is 48.8 Å². The summed E-state index contributed by atoms with van der Waals surface area (Å²) in [6.45, 7) is 6.45. The van der Waals surface area contributed by atoms with Crippen molar-refractivity contribution in [2.45, 2.75) is 13.8 Å². The Kier molecular flexibility index (Phi) is 5.61. The number of esters is 1. The molecule has 0 unspecified atom stereocenters. The summed E-state index contributed by atoms with van der Waals surface area (Å²) in [5.41, 5.74) is 1.25. The molecule has 0 saturated carbocycles. The van der Waals surface area contributed by atoms with E-state index in [1.807, 2.05) is 6.92 Å². The molecule has 1 saturated heterocycles. The molecule has 138 valence electrons. The number of halogens is 1. The first-order chi connectivity index (χ1) is 12.5. The second kappa shape index (κ2) is 7.90. The maximum absolute atomic E-state index is 12.6. The van der Waals surface area contributed by atoms with E-state index in [1.54, 1.807) is 30.0 Å². The van der Waals surface area contributed by atoms with Gasteiger partial charge >= 0.3 is 5.97 Å². The summed E-state index contributed by atoms with van der Waals surface area (Å²) in [6, 6.07) is 5.30. The lowest BCUT2D eigenvalue weighted by atomic mass is 10.2. The number of amides is 1. The van der Waals surface area contributed by atoms with Gasteiger partial charge in [0.15, 0.2) is 10.4 Å². The van der Waals surface area contributed by atoms with Gasteiger partial charge in [-0.1, -0.05) is 0 Å². The van der Waals surface area contributed by atoms with Gasteiger partial charge in [-0.2, -0.15) is 0 Å². The summed E-state index contributed by atoms with van der Waals surface area (Å²) >= 11 is 3.25. The number of aromatic nitrogens is 1. The third-order valence-corrected chi connectivity index (χ3v) is 4.62. The minimum absolute atomic E-state index is 0.0986. The first-order valence-corrected chi connectivity index (χ1v) is 9.22. The number of carbonyl (C=O) groups excluding carboxylic acids is 2. The number of furan rings is 1. The fourth-order valence-corrected chi connectivity index (χ4v) is 3.35. The van der Waals surface area contributed by atoms with Crippen molar-refractivity contribution in [1.82, 2.24) is 9.88 Å². The zero-order valence-corrected chi connectivity index (χ0v) is 16.3. The van der Waals surface area contributed by atoms with Gasteiger partial charge in [-0.3, -0.25) is 4.79 Å². The van der Waals surface area contributed by atoms with E-state index in [-0.39, 0.29) is 11.9 Å². The minimum Gasteiger partial charge on any atom is -0.462 e. The summed E-state index contributed by atoms with van der Waals surface area (Å²) in [5, 5.41) is 0. The van der Waals surface area contributed by atoms with E-state index in [0.717, 1.165) is 11.4 Å². The molecule has 1 aliphatic heterocycles. The third-order valence-electron chi connectivity index (χ3n) is 4.23. The first kappa shape index (κ1) is 18.4. The molecular weight excluding hydrogens is 402 g/mol. The van der Waals surface area contributed by atoms with Crippen molar-refractivity contribution in [3.63, 3.8) is 0 Å². The number of hydrogen-bond acceptors (Lipinski definition) is 6. The standard InChI is InChI=1S/C18H20BrN3O4/c1-3-25-18(24)13-4-5-15(20-11-13)21-6-8-22(9-7-21)17(23)16-12(2)10-14(19)26-16/h4-5,10-11H,3,6-9H2,1-2H3. The Hall–Kier alpha value is -2.35. The van der Waals surface area contributed by atoms with Crippen molar-refractivity contribution in [2.24, 2.45) is 0 Å².